The highest BCUT2D eigenvalue weighted by Crippen LogP contribution is 2.02. The van der Waals surface area contributed by atoms with E-state index in [1.165, 1.54) is 6.08 Å². The standard InChI is InChI=1S/C12H15NO2/c1-3-15-12(14)9-10(2)6-7-11-5-4-8-13-11/h4-9,13H,3H2,1-2H3/b7-6+,10-9+. The van der Waals surface area contributed by atoms with Crippen molar-refractivity contribution >= 4 is 12.0 Å². The number of aromatic amines is 1. The van der Waals surface area contributed by atoms with Crippen molar-refractivity contribution in [1.29, 1.82) is 0 Å². The maximum Gasteiger partial charge on any atom is 0.330 e. The number of hydrogen-bond donors (Lipinski definition) is 1. The van der Waals surface area contributed by atoms with E-state index in [0.29, 0.717) is 6.61 Å². The summed E-state index contributed by atoms with van der Waals surface area (Å²) in [6.45, 7) is 4.05. The average molecular weight is 205 g/mol. The van der Waals surface area contributed by atoms with Crippen molar-refractivity contribution in [3.8, 4) is 0 Å². The van der Waals surface area contributed by atoms with Crippen LogP contribution in [0.25, 0.3) is 6.08 Å². The summed E-state index contributed by atoms with van der Waals surface area (Å²) in [6, 6.07) is 3.87. The number of nitrogens with one attached hydrogen (secondary N) is 1. The van der Waals surface area contributed by atoms with Gasteiger partial charge < -0.3 is 9.72 Å². The first-order chi connectivity index (χ1) is 7.22. The molecule has 1 heterocycles. The molecule has 0 aromatic carbocycles. The molecule has 0 fully saturated rings. The number of H-pyrrole nitrogens is 1. The van der Waals surface area contributed by atoms with Crippen molar-refractivity contribution in [3.05, 3.63) is 41.7 Å². The Bertz CT molecular complexity index is 361. The molecule has 80 valence electrons. The Hall–Kier alpha value is -1.77. The summed E-state index contributed by atoms with van der Waals surface area (Å²) in [7, 11) is 0. The van der Waals surface area contributed by atoms with Crippen LogP contribution in [0, 0.1) is 0 Å². The summed E-state index contributed by atoms with van der Waals surface area (Å²) in [5.74, 6) is -0.300. The second-order valence-electron chi connectivity index (χ2n) is 3.10. The molecule has 0 aliphatic heterocycles. The van der Waals surface area contributed by atoms with Gasteiger partial charge in [-0.15, -0.1) is 0 Å². The summed E-state index contributed by atoms with van der Waals surface area (Å²) in [5, 5.41) is 0. The average Bonchev–Trinajstić information content (AvgIpc) is 2.67. The molecular formula is C12H15NO2. The van der Waals surface area contributed by atoms with Crippen LogP contribution in [0.5, 0.6) is 0 Å². The molecule has 0 aliphatic rings. The third-order valence-electron chi connectivity index (χ3n) is 1.78. The number of rotatable bonds is 4. The lowest BCUT2D eigenvalue weighted by Crippen LogP contribution is -1.99. The topological polar surface area (TPSA) is 42.1 Å². The first-order valence-corrected chi connectivity index (χ1v) is 4.89. The van der Waals surface area contributed by atoms with E-state index in [9.17, 15) is 4.79 Å². The normalized spacial score (nSPS) is 12.0. The van der Waals surface area contributed by atoms with Gasteiger partial charge in [0.05, 0.1) is 6.61 Å². The van der Waals surface area contributed by atoms with Crippen LogP contribution in [0.15, 0.2) is 36.1 Å². The van der Waals surface area contributed by atoms with Crippen molar-refractivity contribution in [2.45, 2.75) is 13.8 Å². The Morgan fingerprint density at radius 2 is 2.40 bits per heavy atom. The van der Waals surface area contributed by atoms with Crippen LogP contribution < -0.4 is 0 Å². The molecule has 1 aromatic rings. The highest BCUT2D eigenvalue weighted by molar-refractivity contribution is 5.83. The van der Waals surface area contributed by atoms with Crippen LogP contribution in [-0.4, -0.2) is 17.6 Å². The van der Waals surface area contributed by atoms with Gasteiger partial charge in [0.15, 0.2) is 0 Å². The second kappa shape index (κ2) is 5.86. The molecule has 0 aliphatic carbocycles. The second-order valence-corrected chi connectivity index (χ2v) is 3.10. The number of aromatic nitrogens is 1. The van der Waals surface area contributed by atoms with E-state index in [4.69, 9.17) is 4.74 Å². The third-order valence-corrected chi connectivity index (χ3v) is 1.78. The molecule has 0 amide bonds. The van der Waals surface area contributed by atoms with Gasteiger partial charge >= 0.3 is 5.97 Å². The monoisotopic (exact) mass is 205 g/mol. The predicted octanol–water partition coefficient (Wildman–Crippen LogP) is 2.54. The smallest absolute Gasteiger partial charge is 0.330 e. The largest absolute Gasteiger partial charge is 0.463 e. The van der Waals surface area contributed by atoms with Gasteiger partial charge in [0.1, 0.15) is 0 Å². The van der Waals surface area contributed by atoms with E-state index in [2.05, 4.69) is 4.98 Å². The maximum atomic E-state index is 11.1. The van der Waals surface area contributed by atoms with Crippen molar-refractivity contribution in [3.63, 3.8) is 0 Å². The van der Waals surface area contributed by atoms with Gasteiger partial charge in [0.25, 0.3) is 0 Å². The molecule has 1 rings (SSSR count). The molecule has 3 heteroatoms. The summed E-state index contributed by atoms with van der Waals surface area (Å²) in [5.41, 5.74) is 1.87. The minimum atomic E-state index is -0.300. The zero-order valence-electron chi connectivity index (χ0n) is 8.99. The first-order valence-electron chi connectivity index (χ1n) is 4.89. The Labute approximate surface area is 89.5 Å². The van der Waals surface area contributed by atoms with E-state index in [1.807, 2.05) is 37.4 Å². The van der Waals surface area contributed by atoms with Crippen LogP contribution in [0.3, 0.4) is 0 Å². The Morgan fingerprint density at radius 1 is 1.60 bits per heavy atom. The van der Waals surface area contributed by atoms with Crippen LogP contribution in [0.1, 0.15) is 19.5 Å². The van der Waals surface area contributed by atoms with Crippen molar-refractivity contribution < 1.29 is 9.53 Å². The summed E-state index contributed by atoms with van der Waals surface area (Å²) in [6.07, 6.45) is 7.10. The lowest BCUT2D eigenvalue weighted by atomic mass is 10.2. The number of esters is 1. The van der Waals surface area contributed by atoms with Crippen LogP contribution >= 0.6 is 0 Å². The Kier molecular flexibility index (Phi) is 4.41. The van der Waals surface area contributed by atoms with E-state index in [-0.39, 0.29) is 5.97 Å². The summed E-state index contributed by atoms with van der Waals surface area (Å²) >= 11 is 0. The molecule has 0 bridgehead atoms. The number of hydrogen-bond acceptors (Lipinski definition) is 2. The van der Waals surface area contributed by atoms with Crippen LogP contribution in [0.2, 0.25) is 0 Å². The van der Waals surface area contributed by atoms with Crippen LogP contribution in [0.4, 0.5) is 0 Å². The van der Waals surface area contributed by atoms with E-state index in [1.54, 1.807) is 6.92 Å². The highest BCUT2D eigenvalue weighted by atomic mass is 16.5. The fourth-order valence-electron chi connectivity index (χ4n) is 1.09. The van der Waals surface area contributed by atoms with Gasteiger partial charge in [0.2, 0.25) is 0 Å². The molecule has 0 radical (unpaired) electrons. The lowest BCUT2D eigenvalue weighted by Gasteiger charge is -1.96. The fraction of sp³-hybridized carbons (Fsp3) is 0.250. The first kappa shape index (κ1) is 11.3. The molecule has 0 unspecified atom stereocenters. The summed E-state index contributed by atoms with van der Waals surface area (Å²) < 4.78 is 4.79. The van der Waals surface area contributed by atoms with Gasteiger partial charge in [-0.25, -0.2) is 4.79 Å². The Balaban J connectivity index is 2.54. The molecule has 0 saturated heterocycles. The molecule has 1 N–H and O–H groups in total. The van der Waals surface area contributed by atoms with E-state index in [0.717, 1.165) is 11.3 Å². The van der Waals surface area contributed by atoms with Gasteiger partial charge in [-0.3, -0.25) is 0 Å². The Morgan fingerprint density at radius 3 is 3.00 bits per heavy atom. The van der Waals surface area contributed by atoms with Crippen molar-refractivity contribution in [2.24, 2.45) is 0 Å². The van der Waals surface area contributed by atoms with E-state index < -0.39 is 0 Å². The molecule has 15 heavy (non-hydrogen) atoms. The number of carbonyl (C=O) groups is 1. The number of allylic oxidation sites excluding steroid dienone is 2. The van der Waals surface area contributed by atoms with Crippen LogP contribution in [-0.2, 0) is 9.53 Å². The predicted molar refractivity (Wildman–Crippen MR) is 60.2 cm³/mol. The number of carbonyl (C=O) groups excluding carboxylic acids is 1. The molecule has 1 aromatic heterocycles. The number of ether oxygens (including phenoxy) is 1. The quantitative estimate of drug-likeness (QED) is 0.466. The minimum Gasteiger partial charge on any atom is -0.463 e. The van der Waals surface area contributed by atoms with Gasteiger partial charge in [0, 0.05) is 18.0 Å². The molecule has 3 nitrogen and oxygen atoms in total. The molecular weight excluding hydrogens is 190 g/mol. The lowest BCUT2D eigenvalue weighted by molar-refractivity contribution is -0.137. The van der Waals surface area contributed by atoms with Crippen molar-refractivity contribution in [2.75, 3.05) is 6.61 Å². The van der Waals surface area contributed by atoms with Gasteiger partial charge in [-0.2, -0.15) is 0 Å². The zero-order chi connectivity index (χ0) is 11.1. The van der Waals surface area contributed by atoms with Crippen molar-refractivity contribution in [1.82, 2.24) is 4.98 Å². The zero-order valence-corrected chi connectivity index (χ0v) is 8.99. The maximum absolute atomic E-state index is 11.1. The SMILES string of the molecule is CCOC(=O)/C=C(C)/C=C/c1ccc[nH]1. The fourth-order valence-corrected chi connectivity index (χ4v) is 1.09. The molecule has 0 saturated carbocycles. The molecule has 0 atom stereocenters. The van der Waals surface area contributed by atoms with Gasteiger partial charge in [-0.1, -0.05) is 6.08 Å². The third kappa shape index (κ3) is 4.31. The van der Waals surface area contributed by atoms with Gasteiger partial charge in [-0.05, 0) is 37.6 Å². The highest BCUT2D eigenvalue weighted by Gasteiger charge is 1.95. The van der Waals surface area contributed by atoms with E-state index >= 15 is 0 Å². The minimum absolute atomic E-state index is 0.300. The molecule has 0 spiro atoms. The summed E-state index contributed by atoms with van der Waals surface area (Å²) in [4.78, 5) is 14.1.